The van der Waals surface area contributed by atoms with Crippen molar-refractivity contribution in [3.63, 3.8) is 0 Å². The molecule has 0 heterocycles. The Hall–Kier alpha value is -0.780. The second kappa shape index (κ2) is 7.49. The zero-order chi connectivity index (χ0) is 12.6. The Morgan fingerprint density at radius 1 is 1.38 bits per heavy atom. The summed E-state index contributed by atoms with van der Waals surface area (Å²) < 4.78 is 35.3. The van der Waals surface area contributed by atoms with Crippen molar-refractivity contribution in [3.8, 4) is 0 Å². The number of carbonyl (C=O) groups excluding carboxylic acids is 1. The molecule has 1 amide bonds. The first kappa shape index (κ1) is 15.2. The third kappa shape index (κ3) is 8.52. The Morgan fingerprint density at radius 3 is 2.50 bits per heavy atom. The third-order valence-electron chi connectivity index (χ3n) is 2.23. The van der Waals surface area contributed by atoms with Crippen LogP contribution < -0.4 is 11.1 Å². The van der Waals surface area contributed by atoms with E-state index in [4.69, 9.17) is 5.73 Å². The molecular formula is C10H19F3N2O. The van der Waals surface area contributed by atoms with Crippen LogP contribution in [0.25, 0.3) is 0 Å². The van der Waals surface area contributed by atoms with Gasteiger partial charge in [-0.15, -0.1) is 0 Å². The summed E-state index contributed by atoms with van der Waals surface area (Å²) in [7, 11) is 0. The van der Waals surface area contributed by atoms with Crippen molar-refractivity contribution in [2.45, 2.75) is 38.8 Å². The molecule has 6 heteroatoms. The standard InChI is InChI=1S/C10H19F3N2O/c1-8(4-6-14)9(16)15-7-3-2-5-10(11,12)13/h8H,2-7,14H2,1H3,(H,15,16). The van der Waals surface area contributed by atoms with Crippen LogP contribution in [0.1, 0.15) is 32.6 Å². The van der Waals surface area contributed by atoms with E-state index in [0.29, 0.717) is 25.9 Å². The molecule has 3 nitrogen and oxygen atoms in total. The van der Waals surface area contributed by atoms with E-state index in [-0.39, 0.29) is 18.2 Å². The number of carbonyl (C=O) groups is 1. The maximum Gasteiger partial charge on any atom is 0.389 e. The van der Waals surface area contributed by atoms with E-state index < -0.39 is 12.6 Å². The van der Waals surface area contributed by atoms with E-state index in [1.165, 1.54) is 0 Å². The molecule has 0 aromatic heterocycles. The average Bonchev–Trinajstić information content (AvgIpc) is 2.15. The highest BCUT2D eigenvalue weighted by Crippen LogP contribution is 2.21. The van der Waals surface area contributed by atoms with Crippen LogP contribution in [0.5, 0.6) is 0 Å². The molecule has 16 heavy (non-hydrogen) atoms. The van der Waals surface area contributed by atoms with Crippen molar-refractivity contribution in [1.82, 2.24) is 5.32 Å². The predicted molar refractivity (Wildman–Crippen MR) is 55.8 cm³/mol. The number of nitrogens with two attached hydrogens (primary N) is 1. The first-order chi connectivity index (χ1) is 7.37. The molecule has 0 fully saturated rings. The lowest BCUT2D eigenvalue weighted by Gasteiger charge is -2.11. The van der Waals surface area contributed by atoms with E-state index in [1.54, 1.807) is 6.92 Å². The van der Waals surface area contributed by atoms with Crippen LogP contribution in [0.4, 0.5) is 13.2 Å². The van der Waals surface area contributed by atoms with E-state index in [9.17, 15) is 18.0 Å². The molecule has 0 aromatic carbocycles. The number of halogens is 3. The number of hydrogen-bond acceptors (Lipinski definition) is 2. The maximum absolute atomic E-state index is 11.8. The van der Waals surface area contributed by atoms with Gasteiger partial charge >= 0.3 is 6.18 Å². The molecule has 1 atom stereocenters. The van der Waals surface area contributed by atoms with E-state index in [1.807, 2.05) is 0 Å². The fourth-order valence-electron chi connectivity index (χ4n) is 1.22. The molecule has 3 N–H and O–H groups in total. The van der Waals surface area contributed by atoms with Gasteiger partial charge in [0, 0.05) is 18.9 Å². The molecule has 0 spiro atoms. The summed E-state index contributed by atoms with van der Waals surface area (Å²) in [5.41, 5.74) is 5.29. The van der Waals surface area contributed by atoms with Gasteiger partial charge in [0.15, 0.2) is 0 Å². The molecule has 0 saturated heterocycles. The van der Waals surface area contributed by atoms with Crippen LogP contribution in [0.3, 0.4) is 0 Å². The van der Waals surface area contributed by atoms with Crippen molar-refractivity contribution in [2.75, 3.05) is 13.1 Å². The minimum absolute atomic E-state index is 0.0506. The predicted octanol–water partition coefficient (Wildman–Crippen LogP) is 1.82. The van der Waals surface area contributed by atoms with Crippen LogP contribution in [-0.4, -0.2) is 25.2 Å². The molecule has 1 unspecified atom stereocenters. The molecule has 96 valence electrons. The maximum atomic E-state index is 11.8. The van der Waals surface area contributed by atoms with Crippen LogP contribution in [0.15, 0.2) is 0 Å². The summed E-state index contributed by atoms with van der Waals surface area (Å²) in [6.07, 6.45) is -3.90. The van der Waals surface area contributed by atoms with Crippen molar-refractivity contribution in [1.29, 1.82) is 0 Å². The van der Waals surface area contributed by atoms with Crippen LogP contribution in [0.2, 0.25) is 0 Å². The third-order valence-corrected chi connectivity index (χ3v) is 2.23. The van der Waals surface area contributed by atoms with Gasteiger partial charge in [0.1, 0.15) is 0 Å². The molecule has 0 aliphatic heterocycles. The average molecular weight is 240 g/mol. The fraction of sp³-hybridized carbons (Fsp3) is 0.900. The molecule has 0 aliphatic rings. The molecule has 0 rings (SSSR count). The van der Waals surface area contributed by atoms with Crippen LogP contribution in [0, 0.1) is 5.92 Å². The van der Waals surface area contributed by atoms with Crippen molar-refractivity contribution >= 4 is 5.91 Å². The fourth-order valence-corrected chi connectivity index (χ4v) is 1.22. The highest BCUT2D eigenvalue weighted by atomic mass is 19.4. The summed E-state index contributed by atoms with van der Waals surface area (Å²) in [5.74, 6) is -0.315. The topological polar surface area (TPSA) is 55.1 Å². The largest absolute Gasteiger partial charge is 0.389 e. The minimum Gasteiger partial charge on any atom is -0.356 e. The SMILES string of the molecule is CC(CCN)C(=O)NCCCCC(F)(F)F. The molecule has 0 bridgehead atoms. The zero-order valence-corrected chi connectivity index (χ0v) is 9.44. The normalized spacial score (nSPS) is 13.6. The molecule has 0 aliphatic carbocycles. The lowest BCUT2D eigenvalue weighted by molar-refractivity contribution is -0.135. The van der Waals surface area contributed by atoms with Gasteiger partial charge in [0.25, 0.3) is 0 Å². The monoisotopic (exact) mass is 240 g/mol. The van der Waals surface area contributed by atoms with Gasteiger partial charge in [0.2, 0.25) is 5.91 Å². The Labute approximate surface area is 93.6 Å². The minimum atomic E-state index is -4.10. The zero-order valence-electron chi connectivity index (χ0n) is 9.44. The van der Waals surface area contributed by atoms with Crippen molar-refractivity contribution < 1.29 is 18.0 Å². The lowest BCUT2D eigenvalue weighted by Crippen LogP contribution is -2.31. The van der Waals surface area contributed by atoms with Gasteiger partial charge in [-0.1, -0.05) is 6.92 Å². The van der Waals surface area contributed by atoms with Gasteiger partial charge < -0.3 is 11.1 Å². The molecular weight excluding hydrogens is 221 g/mol. The Morgan fingerprint density at radius 2 is 2.00 bits per heavy atom. The van der Waals surface area contributed by atoms with Crippen LogP contribution >= 0.6 is 0 Å². The van der Waals surface area contributed by atoms with Gasteiger partial charge in [0.05, 0.1) is 0 Å². The van der Waals surface area contributed by atoms with E-state index in [0.717, 1.165) is 0 Å². The Bertz CT molecular complexity index is 207. The number of hydrogen-bond donors (Lipinski definition) is 2. The molecule has 0 aromatic rings. The summed E-state index contributed by atoms with van der Waals surface area (Å²) in [4.78, 5) is 11.3. The number of alkyl halides is 3. The van der Waals surface area contributed by atoms with Gasteiger partial charge in [-0.3, -0.25) is 4.79 Å². The first-order valence-corrected chi connectivity index (χ1v) is 5.41. The Kier molecular flexibility index (Phi) is 7.12. The van der Waals surface area contributed by atoms with Crippen molar-refractivity contribution in [3.05, 3.63) is 0 Å². The van der Waals surface area contributed by atoms with Gasteiger partial charge in [-0.25, -0.2) is 0 Å². The number of amides is 1. The second-order valence-corrected chi connectivity index (χ2v) is 3.84. The second-order valence-electron chi connectivity index (χ2n) is 3.84. The summed E-state index contributed by atoms with van der Waals surface area (Å²) >= 11 is 0. The number of rotatable bonds is 7. The quantitative estimate of drug-likeness (QED) is 0.667. The highest BCUT2D eigenvalue weighted by molar-refractivity contribution is 5.78. The summed E-state index contributed by atoms with van der Waals surface area (Å²) in [6, 6.07) is 0. The van der Waals surface area contributed by atoms with E-state index >= 15 is 0 Å². The van der Waals surface area contributed by atoms with E-state index in [2.05, 4.69) is 5.32 Å². The van der Waals surface area contributed by atoms with Crippen molar-refractivity contribution in [2.24, 2.45) is 11.7 Å². The summed E-state index contributed by atoms with van der Waals surface area (Å²) in [5, 5.41) is 2.59. The highest BCUT2D eigenvalue weighted by Gasteiger charge is 2.25. The lowest BCUT2D eigenvalue weighted by atomic mass is 10.1. The number of nitrogens with one attached hydrogen (secondary N) is 1. The molecule has 0 radical (unpaired) electrons. The van der Waals surface area contributed by atoms with Gasteiger partial charge in [-0.05, 0) is 25.8 Å². The smallest absolute Gasteiger partial charge is 0.356 e. The Balaban J connectivity index is 3.48. The molecule has 0 saturated carbocycles. The first-order valence-electron chi connectivity index (χ1n) is 5.41. The number of unbranched alkanes of at least 4 members (excludes halogenated alkanes) is 1. The van der Waals surface area contributed by atoms with Gasteiger partial charge in [-0.2, -0.15) is 13.2 Å². The summed E-state index contributed by atoms with van der Waals surface area (Å²) in [6.45, 7) is 2.48. The van der Waals surface area contributed by atoms with Crippen LogP contribution in [-0.2, 0) is 4.79 Å².